The van der Waals surface area contributed by atoms with Crippen LogP contribution in [0.4, 0.5) is 0 Å². The molecule has 2 amide bonds. The van der Waals surface area contributed by atoms with Crippen LogP contribution in [0.3, 0.4) is 0 Å². The maximum atomic E-state index is 13.0. The molecule has 0 saturated heterocycles. The number of aromatic nitrogens is 1. The number of carbonyl (C=O) groups is 4. The fraction of sp³-hybridized carbons (Fsp3) is 0.280. The SMILES string of the molecule is NC(Cc1c[nH]c2ccccc12)C(=O)NC(Cc1ccc(O)cc1)C(=O)NC(CCC(=O)O)C(=O)O. The number of rotatable bonds is 12. The molecule has 0 aliphatic rings. The highest BCUT2D eigenvalue weighted by molar-refractivity contribution is 5.92. The second-order valence-corrected chi connectivity index (χ2v) is 8.43. The Morgan fingerprint density at radius 3 is 2.22 bits per heavy atom. The number of amides is 2. The summed E-state index contributed by atoms with van der Waals surface area (Å²) >= 11 is 0. The molecule has 36 heavy (non-hydrogen) atoms. The highest BCUT2D eigenvalue weighted by atomic mass is 16.4. The number of aromatic hydroxyl groups is 1. The van der Waals surface area contributed by atoms with Gasteiger partial charge in [-0.15, -0.1) is 0 Å². The molecule has 8 N–H and O–H groups in total. The molecule has 0 bridgehead atoms. The zero-order valence-electron chi connectivity index (χ0n) is 19.3. The fourth-order valence-corrected chi connectivity index (χ4v) is 3.78. The zero-order valence-corrected chi connectivity index (χ0v) is 19.3. The molecule has 11 heteroatoms. The number of hydrogen-bond acceptors (Lipinski definition) is 6. The molecule has 0 radical (unpaired) electrons. The first-order valence-corrected chi connectivity index (χ1v) is 11.3. The molecule has 0 spiro atoms. The van der Waals surface area contributed by atoms with Crippen molar-refractivity contribution >= 4 is 34.7 Å². The van der Waals surface area contributed by atoms with Crippen LogP contribution in [0, 0.1) is 0 Å². The third-order valence-corrected chi connectivity index (χ3v) is 5.72. The van der Waals surface area contributed by atoms with Gasteiger partial charge in [0.15, 0.2) is 0 Å². The third-order valence-electron chi connectivity index (χ3n) is 5.72. The minimum atomic E-state index is -1.45. The Hall–Kier alpha value is -4.38. The molecule has 0 fully saturated rings. The molecule has 0 aliphatic heterocycles. The van der Waals surface area contributed by atoms with Gasteiger partial charge in [0.05, 0.1) is 6.04 Å². The molecule has 11 nitrogen and oxygen atoms in total. The van der Waals surface area contributed by atoms with E-state index in [9.17, 15) is 29.4 Å². The number of nitrogens with one attached hydrogen (secondary N) is 3. The maximum absolute atomic E-state index is 13.0. The third kappa shape index (κ3) is 7.06. The van der Waals surface area contributed by atoms with E-state index in [-0.39, 0.29) is 25.0 Å². The number of H-pyrrole nitrogens is 1. The van der Waals surface area contributed by atoms with Crippen molar-refractivity contribution in [3.05, 3.63) is 65.9 Å². The van der Waals surface area contributed by atoms with Crippen LogP contribution in [0.25, 0.3) is 10.9 Å². The standard InChI is InChI=1S/C25H28N4O7/c26-18(12-15-13-27-19-4-2-1-3-17(15)19)23(33)29-21(11-14-5-7-16(30)8-6-14)24(34)28-20(25(35)36)9-10-22(31)32/h1-8,13,18,20-21,27,30H,9-12,26H2,(H,28,34)(H,29,33)(H,31,32)(H,35,36). The van der Waals surface area contributed by atoms with Crippen molar-refractivity contribution in [1.29, 1.82) is 0 Å². The monoisotopic (exact) mass is 496 g/mol. The quantitative estimate of drug-likeness (QED) is 0.192. The van der Waals surface area contributed by atoms with Gasteiger partial charge in [-0.25, -0.2) is 4.79 Å². The largest absolute Gasteiger partial charge is 0.508 e. The predicted octanol–water partition coefficient (Wildman–Crippen LogP) is 0.905. The molecule has 0 saturated carbocycles. The highest BCUT2D eigenvalue weighted by Crippen LogP contribution is 2.19. The summed E-state index contributed by atoms with van der Waals surface area (Å²) in [6.07, 6.45) is 1.17. The molecule has 0 aliphatic carbocycles. The van der Waals surface area contributed by atoms with Crippen molar-refractivity contribution < 1.29 is 34.5 Å². The Kier molecular flexibility index (Phi) is 8.63. The summed E-state index contributed by atoms with van der Waals surface area (Å²) in [6, 6.07) is 9.86. The average molecular weight is 497 g/mol. The lowest BCUT2D eigenvalue weighted by Crippen LogP contribution is -2.55. The van der Waals surface area contributed by atoms with Gasteiger partial charge in [-0.1, -0.05) is 30.3 Å². The van der Waals surface area contributed by atoms with Gasteiger partial charge in [0.2, 0.25) is 11.8 Å². The van der Waals surface area contributed by atoms with Crippen molar-refractivity contribution in [2.45, 2.75) is 43.8 Å². The minimum Gasteiger partial charge on any atom is -0.508 e. The number of fused-ring (bicyclic) bond motifs is 1. The van der Waals surface area contributed by atoms with E-state index in [0.29, 0.717) is 5.56 Å². The molecule has 1 heterocycles. The van der Waals surface area contributed by atoms with E-state index in [1.165, 1.54) is 12.1 Å². The molecule has 3 aromatic rings. The van der Waals surface area contributed by atoms with E-state index in [1.807, 2.05) is 24.3 Å². The number of phenolic OH excluding ortho intramolecular Hbond substituents is 1. The van der Waals surface area contributed by atoms with Gasteiger partial charge in [-0.05, 0) is 42.2 Å². The number of carboxylic acid groups (broad SMARTS) is 2. The molecule has 1 aromatic heterocycles. The number of hydrogen-bond donors (Lipinski definition) is 7. The number of benzene rings is 2. The number of para-hydroxylation sites is 1. The van der Waals surface area contributed by atoms with Crippen molar-refractivity contribution in [2.24, 2.45) is 5.73 Å². The molecule has 3 rings (SSSR count). The Morgan fingerprint density at radius 1 is 0.889 bits per heavy atom. The lowest BCUT2D eigenvalue weighted by molar-refractivity contribution is -0.143. The van der Waals surface area contributed by atoms with E-state index in [2.05, 4.69) is 15.6 Å². The molecular weight excluding hydrogens is 468 g/mol. The smallest absolute Gasteiger partial charge is 0.326 e. The second kappa shape index (κ2) is 11.8. The summed E-state index contributed by atoms with van der Waals surface area (Å²) in [7, 11) is 0. The summed E-state index contributed by atoms with van der Waals surface area (Å²) < 4.78 is 0. The number of aliphatic carboxylic acids is 2. The number of carboxylic acids is 2. The second-order valence-electron chi connectivity index (χ2n) is 8.43. The minimum absolute atomic E-state index is 0.0110. The van der Waals surface area contributed by atoms with Gasteiger partial charge in [0, 0.05) is 29.9 Å². The molecule has 3 unspecified atom stereocenters. The van der Waals surface area contributed by atoms with Gasteiger partial charge < -0.3 is 36.7 Å². The first-order chi connectivity index (χ1) is 17.1. The molecule has 190 valence electrons. The van der Waals surface area contributed by atoms with Crippen LogP contribution in [-0.2, 0) is 32.0 Å². The lowest BCUT2D eigenvalue weighted by Gasteiger charge is -2.23. The molecule has 2 aromatic carbocycles. The Labute approximate surface area is 206 Å². The summed E-state index contributed by atoms with van der Waals surface area (Å²) in [5, 5.41) is 33.6. The van der Waals surface area contributed by atoms with Crippen LogP contribution in [0.2, 0.25) is 0 Å². The predicted molar refractivity (Wildman–Crippen MR) is 130 cm³/mol. The fourth-order valence-electron chi connectivity index (χ4n) is 3.78. The topological polar surface area (TPSA) is 195 Å². The van der Waals surface area contributed by atoms with E-state index < -0.39 is 48.3 Å². The van der Waals surface area contributed by atoms with Gasteiger partial charge in [0.25, 0.3) is 0 Å². The molecule has 3 atom stereocenters. The first kappa shape index (κ1) is 26.2. The van der Waals surface area contributed by atoms with Crippen LogP contribution in [0.15, 0.2) is 54.7 Å². The van der Waals surface area contributed by atoms with E-state index in [4.69, 9.17) is 10.8 Å². The van der Waals surface area contributed by atoms with Gasteiger partial charge >= 0.3 is 11.9 Å². The van der Waals surface area contributed by atoms with Crippen molar-refractivity contribution in [1.82, 2.24) is 15.6 Å². The zero-order chi connectivity index (χ0) is 26.2. The lowest BCUT2D eigenvalue weighted by atomic mass is 10.0. The summed E-state index contributed by atoms with van der Waals surface area (Å²) in [5.74, 6) is -3.99. The van der Waals surface area contributed by atoms with Crippen LogP contribution >= 0.6 is 0 Å². The summed E-state index contributed by atoms with van der Waals surface area (Å²) in [4.78, 5) is 51.4. The normalized spacial score (nSPS) is 13.5. The van der Waals surface area contributed by atoms with Gasteiger partial charge in [0.1, 0.15) is 17.8 Å². The number of carbonyl (C=O) groups excluding carboxylic acids is 2. The van der Waals surface area contributed by atoms with Crippen LogP contribution < -0.4 is 16.4 Å². The Balaban J connectivity index is 1.74. The first-order valence-electron chi connectivity index (χ1n) is 11.3. The van der Waals surface area contributed by atoms with E-state index in [0.717, 1.165) is 16.5 Å². The van der Waals surface area contributed by atoms with E-state index in [1.54, 1.807) is 18.3 Å². The highest BCUT2D eigenvalue weighted by Gasteiger charge is 2.29. The number of aromatic amines is 1. The summed E-state index contributed by atoms with van der Waals surface area (Å²) in [6.45, 7) is 0. The van der Waals surface area contributed by atoms with Gasteiger partial charge in [-0.2, -0.15) is 0 Å². The average Bonchev–Trinajstić information content (AvgIpc) is 3.24. The van der Waals surface area contributed by atoms with Crippen LogP contribution in [-0.4, -0.2) is 62.2 Å². The summed E-state index contributed by atoms with van der Waals surface area (Å²) in [5.41, 5.74) is 8.46. The van der Waals surface area contributed by atoms with Crippen molar-refractivity contribution in [3.63, 3.8) is 0 Å². The number of phenols is 1. The van der Waals surface area contributed by atoms with Gasteiger partial charge in [-0.3, -0.25) is 14.4 Å². The maximum Gasteiger partial charge on any atom is 0.326 e. The van der Waals surface area contributed by atoms with Crippen LogP contribution in [0.1, 0.15) is 24.0 Å². The van der Waals surface area contributed by atoms with E-state index >= 15 is 0 Å². The van der Waals surface area contributed by atoms with Crippen molar-refractivity contribution in [3.8, 4) is 5.75 Å². The van der Waals surface area contributed by atoms with Crippen molar-refractivity contribution in [2.75, 3.05) is 0 Å². The Bertz CT molecular complexity index is 1240. The van der Waals surface area contributed by atoms with Crippen LogP contribution in [0.5, 0.6) is 5.75 Å². The Morgan fingerprint density at radius 2 is 1.56 bits per heavy atom. The molecular formula is C25H28N4O7. The number of nitrogens with two attached hydrogens (primary N) is 1.